The minimum absolute atomic E-state index is 0.0477. The molecule has 0 aliphatic carbocycles. The van der Waals surface area contributed by atoms with Gasteiger partial charge in [0.15, 0.2) is 6.61 Å². The van der Waals surface area contributed by atoms with Gasteiger partial charge in [-0.15, -0.1) is 0 Å². The van der Waals surface area contributed by atoms with Crippen molar-refractivity contribution in [2.24, 2.45) is 0 Å². The molecule has 0 aromatic heterocycles. The van der Waals surface area contributed by atoms with E-state index in [0.717, 1.165) is 15.4 Å². The van der Waals surface area contributed by atoms with Crippen LogP contribution < -0.4 is 9.04 Å². The summed E-state index contributed by atoms with van der Waals surface area (Å²) in [5.74, 6) is -0.309. The normalized spacial score (nSPS) is 11.3. The number of carbonyl (C=O) groups is 1. The number of carbonyl (C=O) groups excluding carboxylic acids is 1. The van der Waals surface area contributed by atoms with Gasteiger partial charge in [-0.3, -0.25) is 4.79 Å². The Bertz CT molecular complexity index is 1220. The molecule has 0 saturated heterocycles. The number of halogens is 2. The Morgan fingerprint density at radius 1 is 0.903 bits per heavy atom. The second-order valence-electron chi connectivity index (χ2n) is 7.11. The van der Waals surface area contributed by atoms with Crippen LogP contribution in [0.3, 0.4) is 0 Å². The Hall–Kier alpha value is -2.54. The van der Waals surface area contributed by atoms with E-state index in [1.54, 1.807) is 37.3 Å². The maximum absolute atomic E-state index is 13.4. The van der Waals surface area contributed by atoms with E-state index in [9.17, 15) is 13.2 Å². The van der Waals surface area contributed by atoms with E-state index in [-0.39, 0.29) is 10.6 Å². The van der Waals surface area contributed by atoms with Crippen molar-refractivity contribution >= 4 is 44.8 Å². The third-order valence-electron chi connectivity index (χ3n) is 4.65. The molecule has 0 atom stereocenters. The third kappa shape index (κ3) is 5.21. The van der Waals surface area contributed by atoms with Crippen molar-refractivity contribution in [2.75, 3.05) is 10.9 Å². The maximum Gasteiger partial charge on any atom is 0.278 e. The van der Waals surface area contributed by atoms with E-state index < -0.39 is 22.5 Å². The van der Waals surface area contributed by atoms with Crippen molar-refractivity contribution in [1.29, 1.82) is 0 Å². The zero-order chi connectivity index (χ0) is 22.8. The summed E-state index contributed by atoms with van der Waals surface area (Å²) in [4.78, 5) is 13.1. The predicted octanol–water partition coefficient (Wildman–Crippen LogP) is 5.72. The Kier molecular flexibility index (Phi) is 6.94. The number of ether oxygens (including phenoxy) is 1. The molecule has 162 valence electrons. The Labute approximate surface area is 192 Å². The Morgan fingerprint density at radius 3 is 2.23 bits per heavy atom. The van der Waals surface area contributed by atoms with Gasteiger partial charge in [0.25, 0.3) is 15.9 Å². The largest absolute Gasteiger partial charge is 0.484 e. The monoisotopic (exact) mass is 477 g/mol. The van der Waals surface area contributed by atoms with Crippen molar-refractivity contribution < 1.29 is 17.9 Å². The lowest BCUT2D eigenvalue weighted by atomic mass is 10.1. The summed E-state index contributed by atoms with van der Waals surface area (Å²) in [7, 11) is -4.20. The molecule has 1 amide bonds. The lowest BCUT2D eigenvalue weighted by Crippen LogP contribution is -2.40. The smallest absolute Gasteiger partial charge is 0.278 e. The molecule has 3 aromatic rings. The van der Waals surface area contributed by atoms with Crippen LogP contribution in [0.1, 0.15) is 16.7 Å². The van der Waals surface area contributed by atoms with E-state index in [1.807, 2.05) is 19.9 Å². The van der Waals surface area contributed by atoms with Crippen LogP contribution in [0.5, 0.6) is 5.75 Å². The molecule has 0 N–H and O–H groups in total. The molecule has 0 heterocycles. The van der Waals surface area contributed by atoms with Gasteiger partial charge in [0.2, 0.25) is 0 Å². The van der Waals surface area contributed by atoms with Crippen molar-refractivity contribution in [3.05, 3.63) is 87.4 Å². The fourth-order valence-electron chi connectivity index (χ4n) is 2.96. The summed E-state index contributed by atoms with van der Waals surface area (Å²) in [5, 5.41) is 0.964. The van der Waals surface area contributed by atoms with E-state index >= 15 is 0 Å². The summed E-state index contributed by atoms with van der Waals surface area (Å²) < 4.78 is 33.3. The van der Waals surface area contributed by atoms with Crippen LogP contribution in [0.4, 0.5) is 5.69 Å². The predicted molar refractivity (Wildman–Crippen MR) is 124 cm³/mol. The Balaban J connectivity index is 2.00. The maximum atomic E-state index is 13.4. The highest BCUT2D eigenvalue weighted by molar-refractivity contribution is 7.93. The molecule has 8 heteroatoms. The van der Waals surface area contributed by atoms with Gasteiger partial charge in [0.05, 0.1) is 10.6 Å². The third-order valence-corrected chi connectivity index (χ3v) is 7.08. The lowest BCUT2D eigenvalue weighted by Gasteiger charge is -2.25. The van der Waals surface area contributed by atoms with E-state index in [1.165, 1.54) is 24.3 Å². The number of nitrogens with zero attached hydrogens (tertiary/aromatic N) is 1. The van der Waals surface area contributed by atoms with Gasteiger partial charge in [0, 0.05) is 10.0 Å². The molecule has 0 aliphatic rings. The van der Waals surface area contributed by atoms with Gasteiger partial charge in [-0.1, -0.05) is 35.3 Å². The Morgan fingerprint density at radius 2 is 1.58 bits per heavy atom. The zero-order valence-electron chi connectivity index (χ0n) is 17.2. The van der Waals surface area contributed by atoms with Gasteiger partial charge in [-0.25, -0.2) is 8.42 Å². The topological polar surface area (TPSA) is 63.7 Å². The number of sulfonamides is 1. The van der Waals surface area contributed by atoms with Gasteiger partial charge in [-0.05, 0) is 86.0 Å². The fraction of sp³-hybridized carbons (Fsp3) is 0.174. The van der Waals surface area contributed by atoms with Crippen LogP contribution in [0.2, 0.25) is 10.0 Å². The van der Waals surface area contributed by atoms with Crippen LogP contribution >= 0.6 is 23.2 Å². The van der Waals surface area contributed by atoms with E-state index in [2.05, 4.69) is 0 Å². The van der Waals surface area contributed by atoms with Gasteiger partial charge in [-0.2, -0.15) is 4.31 Å². The molecule has 5 nitrogen and oxygen atoms in total. The van der Waals surface area contributed by atoms with Gasteiger partial charge < -0.3 is 4.74 Å². The first-order valence-electron chi connectivity index (χ1n) is 9.39. The molecule has 0 unspecified atom stereocenters. The molecular formula is C23H21Cl2NO4S. The number of anilines is 1. The summed E-state index contributed by atoms with van der Waals surface area (Å²) in [6, 6.07) is 15.9. The van der Waals surface area contributed by atoms with E-state index in [0.29, 0.717) is 21.4 Å². The van der Waals surface area contributed by atoms with Crippen LogP contribution in [0.15, 0.2) is 65.6 Å². The summed E-state index contributed by atoms with van der Waals surface area (Å²) >= 11 is 11.9. The fourth-order valence-corrected chi connectivity index (χ4v) is 4.67. The summed E-state index contributed by atoms with van der Waals surface area (Å²) in [6.07, 6.45) is 0. The number of hydrogen-bond donors (Lipinski definition) is 0. The molecule has 0 bridgehead atoms. The molecule has 31 heavy (non-hydrogen) atoms. The quantitative estimate of drug-likeness (QED) is 0.455. The first kappa shape index (κ1) is 23.1. The average molecular weight is 478 g/mol. The van der Waals surface area contributed by atoms with Gasteiger partial charge >= 0.3 is 0 Å². The van der Waals surface area contributed by atoms with E-state index in [4.69, 9.17) is 27.9 Å². The van der Waals surface area contributed by atoms with Crippen molar-refractivity contribution in [1.82, 2.24) is 0 Å². The standard InChI is InChI=1S/C23H21Cl2NO4S/c1-15-4-5-16(2)22(12-15)26(31(28,29)20-9-6-18(24)7-10-20)23(27)14-30-19-8-11-21(25)17(3)13-19/h4-13H,14H2,1-3H3. The highest BCUT2D eigenvalue weighted by Gasteiger charge is 2.32. The average Bonchev–Trinajstić information content (AvgIpc) is 2.72. The molecule has 0 radical (unpaired) electrons. The first-order valence-corrected chi connectivity index (χ1v) is 11.6. The lowest BCUT2D eigenvalue weighted by molar-refractivity contribution is -0.119. The molecule has 0 fully saturated rings. The number of aryl methyl sites for hydroxylation is 3. The van der Waals surface area contributed by atoms with Crippen LogP contribution in [-0.4, -0.2) is 20.9 Å². The summed E-state index contributed by atoms with van der Waals surface area (Å²) in [5.41, 5.74) is 2.51. The number of benzene rings is 3. The second-order valence-corrected chi connectivity index (χ2v) is 9.74. The van der Waals surface area contributed by atoms with Crippen LogP contribution in [-0.2, 0) is 14.8 Å². The van der Waals surface area contributed by atoms with Crippen molar-refractivity contribution in [3.8, 4) is 5.75 Å². The molecule has 0 aliphatic heterocycles. The summed E-state index contributed by atoms with van der Waals surface area (Å²) in [6.45, 7) is 4.91. The second kappa shape index (κ2) is 9.30. The number of amides is 1. The van der Waals surface area contributed by atoms with Crippen LogP contribution in [0.25, 0.3) is 0 Å². The molecule has 3 rings (SSSR count). The number of hydrogen-bond acceptors (Lipinski definition) is 4. The minimum atomic E-state index is -4.20. The molecule has 3 aromatic carbocycles. The first-order chi connectivity index (χ1) is 14.6. The minimum Gasteiger partial charge on any atom is -0.484 e. The van der Waals surface area contributed by atoms with Crippen molar-refractivity contribution in [3.63, 3.8) is 0 Å². The molecule has 0 spiro atoms. The highest BCUT2D eigenvalue weighted by atomic mass is 35.5. The highest BCUT2D eigenvalue weighted by Crippen LogP contribution is 2.29. The zero-order valence-corrected chi connectivity index (χ0v) is 19.6. The molecular weight excluding hydrogens is 457 g/mol. The van der Waals surface area contributed by atoms with Gasteiger partial charge in [0.1, 0.15) is 5.75 Å². The van der Waals surface area contributed by atoms with Crippen LogP contribution in [0, 0.1) is 20.8 Å². The SMILES string of the molecule is Cc1ccc(C)c(N(C(=O)COc2ccc(Cl)c(C)c2)S(=O)(=O)c2ccc(Cl)cc2)c1. The van der Waals surface area contributed by atoms with Crippen molar-refractivity contribution in [2.45, 2.75) is 25.7 Å². The molecule has 0 saturated carbocycles. The number of rotatable bonds is 6.